The first-order valence-electron chi connectivity index (χ1n) is 2.26. The summed E-state index contributed by atoms with van der Waals surface area (Å²) in [6, 6.07) is 0. The van der Waals surface area contributed by atoms with Gasteiger partial charge in [0, 0.05) is 0 Å². The van der Waals surface area contributed by atoms with E-state index in [0.29, 0.717) is 0 Å². The van der Waals surface area contributed by atoms with Gasteiger partial charge >= 0.3 is 24.8 Å². The van der Waals surface area contributed by atoms with Crippen LogP contribution in [0, 0.1) is 0 Å². The van der Waals surface area contributed by atoms with Crippen LogP contribution in [-0.2, 0) is 9.59 Å². The average molecular weight is 173 g/mol. The molecule has 2 atom stereocenters. The number of carbonyl (C=O) groups excluding carboxylic acids is 1. The van der Waals surface area contributed by atoms with Gasteiger partial charge < -0.3 is 31.4 Å². The van der Waals surface area contributed by atoms with Crippen LogP contribution in [0.1, 0.15) is 0 Å². The average Bonchev–Trinajstić information content (AvgIpc) is 1.84. The van der Waals surface area contributed by atoms with Crippen LogP contribution in [0.3, 0.4) is 0 Å². The number of carbonyl (C=O) groups is 2. The van der Waals surface area contributed by atoms with Crippen molar-refractivity contribution >= 4 is 11.9 Å². The van der Waals surface area contributed by atoms with E-state index in [1.807, 2.05) is 0 Å². The van der Waals surface area contributed by atoms with Crippen LogP contribution in [0.5, 0.6) is 0 Å². The first-order chi connectivity index (χ1) is 4.46. The molecule has 0 aliphatic carbocycles. The van der Waals surface area contributed by atoms with Gasteiger partial charge in [-0.15, -0.1) is 0 Å². The summed E-state index contributed by atoms with van der Waals surface area (Å²) in [5, 5.41) is 34.1. The molecule has 0 bridgehead atoms. The predicted molar refractivity (Wildman–Crippen MR) is 29.7 cm³/mol. The SMILES string of the molecule is N.O=C([O-])C(O)C(O)C(=O)O.[Li+]. The Bertz CT molecular complexity index is 144. The minimum Gasteiger partial charge on any atom is -0.547 e. The van der Waals surface area contributed by atoms with E-state index in [1.165, 1.54) is 0 Å². The second kappa shape index (κ2) is 7.09. The zero-order valence-electron chi connectivity index (χ0n) is 6.43. The van der Waals surface area contributed by atoms with Gasteiger partial charge in [-0.3, -0.25) is 0 Å². The fourth-order valence-corrected chi connectivity index (χ4v) is 0.264. The number of aliphatic hydroxyl groups excluding tert-OH is 2. The Morgan fingerprint density at radius 3 is 1.58 bits per heavy atom. The molecule has 0 aromatic carbocycles. The van der Waals surface area contributed by atoms with Crippen LogP contribution >= 0.6 is 0 Å². The molecule has 12 heavy (non-hydrogen) atoms. The van der Waals surface area contributed by atoms with Gasteiger partial charge in [0.05, 0.1) is 5.97 Å². The summed E-state index contributed by atoms with van der Waals surface area (Å²) in [5.74, 6) is -3.83. The third kappa shape index (κ3) is 5.12. The van der Waals surface area contributed by atoms with Crippen LogP contribution < -0.4 is 30.1 Å². The van der Waals surface area contributed by atoms with E-state index in [0.717, 1.165) is 0 Å². The Hall–Kier alpha value is -0.583. The molecule has 7 nitrogen and oxygen atoms in total. The van der Waals surface area contributed by atoms with Gasteiger partial charge in [0.2, 0.25) is 0 Å². The normalized spacial score (nSPS) is 13.2. The molecule has 8 heteroatoms. The summed E-state index contributed by atoms with van der Waals surface area (Å²) in [6.07, 6.45) is -4.71. The first kappa shape index (κ1) is 17.5. The van der Waals surface area contributed by atoms with Gasteiger partial charge in [-0.2, -0.15) is 0 Å². The molecule has 0 amide bonds. The summed E-state index contributed by atoms with van der Waals surface area (Å²) in [5.41, 5.74) is 0. The fourth-order valence-electron chi connectivity index (χ4n) is 0.264. The molecule has 0 saturated carbocycles. The Kier molecular flexibility index (Phi) is 10.3. The first-order valence-corrected chi connectivity index (χ1v) is 2.26. The molecule has 2 unspecified atom stereocenters. The number of rotatable bonds is 3. The van der Waals surface area contributed by atoms with Crippen LogP contribution in [0.15, 0.2) is 0 Å². The number of aliphatic hydroxyl groups is 2. The van der Waals surface area contributed by atoms with Crippen LogP contribution in [0.4, 0.5) is 0 Å². The number of carboxylic acids is 2. The van der Waals surface area contributed by atoms with Crippen LogP contribution in [-0.4, -0.2) is 39.5 Å². The van der Waals surface area contributed by atoms with E-state index in [9.17, 15) is 14.7 Å². The molecule has 0 aliphatic rings. The van der Waals surface area contributed by atoms with Crippen molar-refractivity contribution in [1.82, 2.24) is 6.15 Å². The van der Waals surface area contributed by atoms with Gasteiger partial charge in [-0.05, 0) is 0 Å². The standard InChI is InChI=1S/C4H6O6.Li.H3N/c5-1(3(7)8)2(6)4(9)10;;/h1-2,5-6H,(H,7,8)(H,9,10);;1H3/q;+1;/p-1. The Morgan fingerprint density at radius 1 is 1.17 bits per heavy atom. The molecule has 0 saturated heterocycles. The molecule has 66 valence electrons. The van der Waals surface area contributed by atoms with E-state index >= 15 is 0 Å². The van der Waals surface area contributed by atoms with E-state index in [1.54, 1.807) is 0 Å². The fraction of sp³-hybridized carbons (Fsp3) is 0.500. The number of aliphatic carboxylic acids is 2. The van der Waals surface area contributed by atoms with Crippen LogP contribution in [0.25, 0.3) is 0 Å². The molecule has 0 aromatic heterocycles. The zero-order valence-corrected chi connectivity index (χ0v) is 6.43. The number of hydrogen-bond donors (Lipinski definition) is 4. The third-order valence-corrected chi connectivity index (χ3v) is 0.794. The van der Waals surface area contributed by atoms with E-state index < -0.39 is 24.1 Å². The van der Waals surface area contributed by atoms with Crippen molar-refractivity contribution in [3.05, 3.63) is 0 Å². The second-order valence-electron chi connectivity index (χ2n) is 1.55. The molecular weight excluding hydrogens is 165 g/mol. The summed E-state index contributed by atoms with van der Waals surface area (Å²) < 4.78 is 0. The molecule has 0 fully saturated rings. The van der Waals surface area contributed by atoms with Crippen molar-refractivity contribution in [2.24, 2.45) is 0 Å². The van der Waals surface area contributed by atoms with Crippen LogP contribution in [0.2, 0.25) is 0 Å². The summed E-state index contributed by atoms with van der Waals surface area (Å²) in [7, 11) is 0. The quantitative estimate of drug-likeness (QED) is 0.309. The minimum atomic E-state index is -2.38. The molecule has 0 radical (unpaired) electrons. The Balaban J connectivity index is -0.000000405. The van der Waals surface area contributed by atoms with Crippen molar-refractivity contribution in [3.8, 4) is 0 Å². The largest absolute Gasteiger partial charge is 1.00 e. The van der Waals surface area contributed by atoms with Gasteiger partial charge in [0.25, 0.3) is 0 Å². The molecule has 0 spiro atoms. The van der Waals surface area contributed by atoms with Gasteiger partial charge in [-0.1, -0.05) is 0 Å². The van der Waals surface area contributed by atoms with E-state index in [4.69, 9.17) is 15.3 Å². The topological polar surface area (TPSA) is 153 Å². The second-order valence-corrected chi connectivity index (χ2v) is 1.55. The van der Waals surface area contributed by atoms with Gasteiger partial charge in [0.1, 0.15) is 6.10 Å². The molecular formula is C4H8LiNO6. The van der Waals surface area contributed by atoms with E-state index in [-0.39, 0.29) is 25.0 Å². The summed E-state index contributed by atoms with van der Waals surface area (Å²) >= 11 is 0. The number of hydrogen-bond acceptors (Lipinski definition) is 6. The third-order valence-electron chi connectivity index (χ3n) is 0.794. The van der Waals surface area contributed by atoms with Crippen molar-refractivity contribution in [1.29, 1.82) is 0 Å². The van der Waals surface area contributed by atoms with E-state index in [2.05, 4.69) is 0 Å². The molecule has 0 heterocycles. The van der Waals surface area contributed by atoms with Gasteiger partial charge in [0.15, 0.2) is 6.10 Å². The minimum absolute atomic E-state index is 0. The number of carboxylic acid groups (broad SMARTS) is 2. The molecule has 0 aliphatic heterocycles. The molecule has 0 rings (SSSR count). The summed E-state index contributed by atoms with van der Waals surface area (Å²) in [4.78, 5) is 19.4. The maximum atomic E-state index is 9.74. The summed E-state index contributed by atoms with van der Waals surface area (Å²) in [6.45, 7) is 0. The molecule has 6 N–H and O–H groups in total. The predicted octanol–water partition coefficient (Wildman–Crippen LogP) is -6.29. The van der Waals surface area contributed by atoms with Crippen molar-refractivity contribution in [2.45, 2.75) is 12.2 Å². The van der Waals surface area contributed by atoms with Crippen molar-refractivity contribution in [2.75, 3.05) is 0 Å². The maximum Gasteiger partial charge on any atom is 1.00 e. The Morgan fingerprint density at radius 2 is 1.50 bits per heavy atom. The Labute approximate surface area is 79.8 Å². The smallest absolute Gasteiger partial charge is 0.547 e. The van der Waals surface area contributed by atoms with Gasteiger partial charge in [-0.25, -0.2) is 4.79 Å². The monoisotopic (exact) mass is 173 g/mol. The zero-order chi connectivity index (χ0) is 8.31. The maximum absolute atomic E-state index is 9.74. The van der Waals surface area contributed by atoms with Crippen molar-refractivity contribution in [3.63, 3.8) is 0 Å². The molecule has 0 aromatic rings. The van der Waals surface area contributed by atoms with Crippen molar-refractivity contribution < 1.29 is 48.9 Å².